The molecule has 0 aliphatic rings. The van der Waals surface area contributed by atoms with Crippen molar-refractivity contribution >= 4 is 165 Å². The van der Waals surface area contributed by atoms with Crippen molar-refractivity contribution in [2.75, 3.05) is 9.80 Å². The maximum Gasteiger partial charge on any atom is 0.0547 e. The summed E-state index contributed by atoms with van der Waals surface area (Å²) in [6, 6.07) is 172. The van der Waals surface area contributed by atoms with E-state index >= 15 is 0 Å². The first-order valence-corrected chi connectivity index (χ1v) is 44.7. The van der Waals surface area contributed by atoms with Gasteiger partial charge in [0.2, 0.25) is 0 Å². The van der Waals surface area contributed by atoms with Crippen molar-refractivity contribution in [3.8, 4) is 56.4 Å². The summed E-state index contributed by atoms with van der Waals surface area (Å²) >= 11 is 0. The van der Waals surface area contributed by atoms with E-state index in [-0.39, 0.29) is 0 Å². The van der Waals surface area contributed by atoms with Gasteiger partial charge in [0.25, 0.3) is 0 Å². The van der Waals surface area contributed by atoms with Crippen LogP contribution in [0, 0.1) is 13.8 Å². The zero-order chi connectivity index (χ0) is 86.0. The lowest BCUT2D eigenvalue weighted by Gasteiger charge is -2.26. The Morgan fingerprint density at radius 1 is 0.138 bits per heavy atom. The number of nitrogens with zero attached hydrogens (tertiary/aromatic N) is 8. The molecule has 0 aliphatic carbocycles. The van der Waals surface area contributed by atoms with Crippen LogP contribution >= 0.6 is 0 Å². The summed E-state index contributed by atoms with van der Waals surface area (Å²) in [5.74, 6) is 0. The first-order chi connectivity index (χ1) is 64.4. The number of fused-ring (bicyclic) bond motifs is 18. The first-order valence-electron chi connectivity index (χ1n) is 44.7. The fourth-order valence-corrected chi connectivity index (χ4v) is 20.9. The molecule has 0 fully saturated rings. The average Bonchev–Trinajstić information content (AvgIpc) is 1.56. The fourth-order valence-electron chi connectivity index (χ4n) is 20.9. The van der Waals surface area contributed by atoms with Crippen LogP contribution in [0.1, 0.15) is 11.1 Å². The lowest BCUT2D eigenvalue weighted by atomic mass is 9.95. The Kier molecular flexibility index (Phi) is 17.9. The predicted octanol–water partition coefficient (Wildman–Crippen LogP) is 32.8. The molecule has 0 atom stereocenters. The van der Waals surface area contributed by atoms with Gasteiger partial charge in [-0.25, -0.2) is 0 Å². The SMILES string of the molecule is Cc1ccc(N(c2ccc(C)cc2)c2ccc(-n3c4ccccc4c4c(-c5cccc6c5c5ccccc5n6-c5ccc6c(c5)c5ccccc5n6-c5ccccc5)cccc43)cc2)cc1.c1ccc(N(c2ccccc2)c2ccc(-n3c4ccccc4c4c(-c5cccc6c5c5ccccc5n6-c5ccc6c(c5)c5ccccc5n6-c5ccccc5)cccc43)cc2)cc1. The van der Waals surface area contributed by atoms with Crippen LogP contribution in [0.4, 0.5) is 34.1 Å². The van der Waals surface area contributed by atoms with E-state index in [0.29, 0.717) is 0 Å². The average molecular weight is 1660 g/mol. The second-order valence-electron chi connectivity index (χ2n) is 34.0. The van der Waals surface area contributed by atoms with E-state index in [2.05, 4.69) is 524 Å². The van der Waals surface area contributed by atoms with Crippen molar-refractivity contribution < 1.29 is 0 Å². The molecule has 6 aromatic heterocycles. The van der Waals surface area contributed by atoms with Crippen LogP contribution in [0.2, 0.25) is 0 Å². The van der Waals surface area contributed by atoms with Crippen molar-refractivity contribution in [2.45, 2.75) is 13.8 Å². The van der Waals surface area contributed by atoms with Gasteiger partial charge in [-0.2, -0.15) is 0 Å². The minimum absolute atomic E-state index is 1.10. The van der Waals surface area contributed by atoms with E-state index in [4.69, 9.17) is 0 Å². The molecule has 0 saturated heterocycles. The summed E-state index contributed by atoms with van der Waals surface area (Å²) in [7, 11) is 0. The Balaban J connectivity index is 0.000000140. The molecule has 8 heteroatoms. The number of hydrogen-bond donors (Lipinski definition) is 0. The van der Waals surface area contributed by atoms with E-state index in [0.717, 1.165) is 68.2 Å². The van der Waals surface area contributed by atoms with Gasteiger partial charge in [-0.1, -0.05) is 266 Å². The smallest absolute Gasteiger partial charge is 0.0547 e. The van der Waals surface area contributed by atoms with Crippen molar-refractivity contribution in [3.05, 3.63) is 484 Å². The van der Waals surface area contributed by atoms with Gasteiger partial charge in [-0.3, -0.25) is 0 Å². The molecule has 0 aliphatic heterocycles. The van der Waals surface area contributed by atoms with Crippen molar-refractivity contribution in [3.63, 3.8) is 0 Å². The summed E-state index contributed by atoms with van der Waals surface area (Å²) in [6.45, 7) is 4.28. The Hall–Kier alpha value is -17.2. The third-order valence-electron chi connectivity index (χ3n) is 26.6. The standard InChI is InChI=1S/C62H44N4.C60H40N4/c1-41-26-30-44(31-27-41)63(45-32-28-42(2)29-33-45)46-34-36-47(37-35-46)65-56-22-10-7-17-52(56)61-50(19-12-24-59(61)65)51-20-13-25-60-62(51)53-18-8-11-23-57(53)66(60)48-38-39-58-54(40-48)49-16-6-9-21-55(49)64(58)43-14-4-3-5-15-43;1-4-18-41(19-5-1)61(42-20-6-2-7-21-42)44-34-36-45(37-35-44)63-54-30-14-11-25-50(54)59-48(27-16-32-57(59)63)49-28-17-33-58-60(49)51-26-12-15-31-55(51)64(58)46-38-39-56-52(40-46)47-24-10-13-29-53(47)62(56)43-22-8-3-9-23-43/h3-40H,1-2H3;1-40H. The van der Waals surface area contributed by atoms with Gasteiger partial charge in [-0.05, 0) is 254 Å². The Morgan fingerprint density at radius 2 is 0.338 bits per heavy atom. The molecule has 0 radical (unpaired) electrons. The number of benzene rings is 20. The molecule has 612 valence electrons. The molecule has 0 spiro atoms. The minimum atomic E-state index is 1.10. The first kappa shape index (κ1) is 75.3. The number of anilines is 6. The summed E-state index contributed by atoms with van der Waals surface area (Å²) in [5.41, 5.74) is 35.2. The summed E-state index contributed by atoms with van der Waals surface area (Å²) in [5, 5.41) is 14.9. The molecule has 130 heavy (non-hydrogen) atoms. The molecular weight excluding hydrogens is 1580 g/mol. The Bertz CT molecular complexity index is 8810. The molecule has 0 bridgehead atoms. The monoisotopic (exact) mass is 1660 g/mol. The molecule has 26 rings (SSSR count). The quantitative estimate of drug-likeness (QED) is 0.109. The minimum Gasteiger partial charge on any atom is -0.311 e. The normalized spacial score (nSPS) is 11.8. The Morgan fingerprint density at radius 3 is 0.638 bits per heavy atom. The van der Waals surface area contributed by atoms with Gasteiger partial charge in [0.15, 0.2) is 0 Å². The number of para-hydroxylation sites is 10. The topological polar surface area (TPSA) is 36.1 Å². The highest BCUT2D eigenvalue weighted by Crippen LogP contribution is 2.50. The van der Waals surface area contributed by atoms with E-state index in [9.17, 15) is 0 Å². The van der Waals surface area contributed by atoms with Crippen molar-refractivity contribution in [1.29, 1.82) is 0 Å². The summed E-state index contributed by atoms with van der Waals surface area (Å²) in [4.78, 5) is 4.65. The van der Waals surface area contributed by atoms with Gasteiger partial charge in [-0.15, -0.1) is 0 Å². The number of rotatable bonds is 14. The molecule has 26 aromatic rings. The van der Waals surface area contributed by atoms with Crippen LogP contribution in [0.15, 0.2) is 473 Å². The lowest BCUT2D eigenvalue weighted by Crippen LogP contribution is -2.10. The van der Waals surface area contributed by atoms with Crippen molar-refractivity contribution in [2.24, 2.45) is 0 Å². The highest BCUT2D eigenvalue weighted by atomic mass is 15.2. The summed E-state index contributed by atoms with van der Waals surface area (Å²) in [6.07, 6.45) is 0. The molecular formula is C122H84N8. The molecule has 0 amide bonds. The maximum absolute atomic E-state index is 2.46. The summed E-state index contributed by atoms with van der Waals surface area (Å²) < 4.78 is 14.6. The molecule has 8 nitrogen and oxygen atoms in total. The van der Waals surface area contributed by atoms with Crippen LogP contribution in [0.25, 0.3) is 187 Å². The van der Waals surface area contributed by atoms with E-state index in [1.54, 1.807) is 0 Å². The second-order valence-corrected chi connectivity index (χ2v) is 34.0. The number of aryl methyl sites for hydroxylation is 2. The zero-order valence-corrected chi connectivity index (χ0v) is 71.6. The third kappa shape index (κ3) is 12.2. The van der Waals surface area contributed by atoms with Gasteiger partial charge < -0.3 is 37.2 Å². The van der Waals surface area contributed by atoms with Crippen LogP contribution in [-0.2, 0) is 0 Å². The number of aromatic nitrogens is 6. The fraction of sp³-hybridized carbons (Fsp3) is 0.0164. The highest BCUT2D eigenvalue weighted by Gasteiger charge is 2.27. The van der Waals surface area contributed by atoms with Crippen LogP contribution in [-0.4, -0.2) is 27.4 Å². The molecule has 0 saturated carbocycles. The molecule has 0 N–H and O–H groups in total. The third-order valence-corrected chi connectivity index (χ3v) is 26.6. The van der Waals surface area contributed by atoms with E-state index in [1.807, 2.05) is 0 Å². The molecule has 20 aromatic carbocycles. The lowest BCUT2D eigenvalue weighted by molar-refractivity contribution is 1.17. The second kappa shape index (κ2) is 30.9. The van der Waals surface area contributed by atoms with Gasteiger partial charge >= 0.3 is 0 Å². The van der Waals surface area contributed by atoms with Gasteiger partial charge in [0, 0.05) is 133 Å². The van der Waals surface area contributed by atoms with Crippen LogP contribution < -0.4 is 9.80 Å². The predicted molar refractivity (Wildman–Crippen MR) is 549 cm³/mol. The van der Waals surface area contributed by atoms with Crippen LogP contribution in [0.5, 0.6) is 0 Å². The van der Waals surface area contributed by atoms with Gasteiger partial charge in [0.1, 0.15) is 0 Å². The van der Waals surface area contributed by atoms with E-state index < -0.39 is 0 Å². The largest absolute Gasteiger partial charge is 0.311 e. The molecule has 0 unspecified atom stereocenters. The van der Waals surface area contributed by atoms with E-state index in [1.165, 1.54) is 164 Å². The zero-order valence-electron chi connectivity index (χ0n) is 71.6. The Labute approximate surface area is 751 Å². The van der Waals surface area contributed by atoms with Crippen LogP contribution in [0.3, 0.4) is 0 Å². The van der Waals surface area contributed by atoms with Crippen molar-refractivity contribution in [1.82, 2.24) is 27.4 Å². The number of hydrogen-bond acceptors (Lipinski definition) is 2. The van der Waals surface area contributed by atoms with Gasteiger partial charge in [0.05, 0.1) is 66.2 Å². The highest BCUT2D eigenvalue weighted by molar-refractivity contribution is 6.25. The molecule has 6 heterocycles. The maximum atomic E-state index is 2.46.